The molecular formula is C28H29N3O3S3. The van der Waals surface area contributed by atoms with Gasteiger partial charge in [0.1, 0.15) is 21.1 Å². The van der Waals surface area contributed by atoms with Crippen molar-refractivity contribution in [1.82, 2.24) is 4.90 Å². The summed E-state index contributed by atoms with van der Waals surface area (Å²) in [6.45, 7) is 0.195. The highest BCUT2D eigenvalue weighted by Gasteiger charge is 2.32. The second-order valence-corrected chi connectivity index (χ2v) is 12.4. The highest BCUT2D eigenvalue weighted by atomic mass is 32.2. The molecular weight excluding hydrogens is 523 g/mol. The fraction of sp³-hybridized carbons (Fsp3) is 0.429. The van der Waals surface area contributed by atoms with Gasteiger partial charge in [0, 0.05) is 23.4 Å². The lowest BCUT2D eigenvalue weighted by molar-refractivity contribution is -0.122. The molecule has 0 radical (unpaired) electrons. The molecule has 2 aliphatic carbocycles. The fourth-order valence-corrected chi connectivity index (χ4v) is 7.63. The van der Waals surface area contributed by atoms with Gasteiger partial charge in [-0.05, 0) is 69.1 Å². The van der Waals surface area contributed by atoms with Crippen LogP contribution in [-0.4, -0.2) is 33.7 Å². The van der Waals surface area contributed by atoms with Crippen LogP contribution in [0.3, 0.4) is 0 Å². The van der Waals surface area contributed by atoms with Gasteiger partial charge in [-0.25, -0.2) is 0 Å². The lowest BCUT2D eigenvalue weighted by atomic mass is 9.96. The number of fused-ring (bicyclic) bond motifs is 1. The quantitative estimate of drug-likeness (QED) is 0.315. The van der Waals surface area contributed by atoms with Crippen molar-refractivity contribution in [2.45, 2.75) is 70.3 Å². The van der Waals surface area contributed by atoms with Gasteiger partial charge in [-0.2, -0.15) is 5.26 Å². The van der Waals surface area contributed by atoms with Crippen molar-refractivity contribution >= 4 is 62.5 Å². The smallest absolute Gasteiger partial charge is 0.266 e. The molecule has 1 saturated carbocycles. The van der Waals surface area contributed by atoms with Crippen LogP contribution in [0.2, 0.25) is 0 Å². The van der Waals surface area contributed by atoms with Gasteiger partial charge < -0.3 is 10.1 Å². The molecule has 1 saturated heterocycles. The minimum absolute atomic E-state index is 0.106. The number of anilines is 1. The van der Waals surface area contributed by atoms with Crippen molar-refractivity contribution in [3.05, 3.63) is 50.7 Å². The first kappa shape index (κ1) is 26.0. The van der Waals surface area contributed by atoms with Gasteiger partial charge >= 0.3 is 0 Å². The number of thioether (sulfide) groups is 1. The molecule has 2 amide bonds. The van der Waals surface area contributed by atoms with Crippen LogP contribution in [0.25, 0.3) is 6.08 Å². The van der Waals surface area contributed by atoms with Gasteiger partial charge in [0.05, 0.1) is 16.6 Å². The Hall–Kier alpha value is -2.67. The van der Waals surface area contributed by atoms with Crippen molar-refractivity contribution in [3.63, 3.8) is 0 Å². The Morgan fingerprint density at radius 2 is 1.97 bits per heavy atom. The van der Waals surface area contributed by atoms with Crippen LogP contribution < -0.4 is 10.1 Å². The summed E-state index contributed by atoms with van der Waals surface area (Å²) in [5.74, 6) is 0.366. The zero-order chi connectivity index (χ0) is 25.8. The van der Waals surface area contributed by atoms with Gasteiger partial charge in [-0.1, -0.05) is 48.6 Å². The van der Waals surface area contributed by atoms with E-state index in [4.69, 9.17) is 17.0 Å². The van der Waals surface area contributed by atoms with Crippen LogP contribution in [-0.2, 0) is 22.4 Å². The Morgan fingerprint density at radius 3 is 2.78 bits per heavy atom. The second kappa shape index (κ2) is 11.8. The lowest BCUT2D eigenvalue weighted by Crippen LogP contribution is -2.31. The standard InChI is InChI=1S/C28H29N3O3S3/c29-17-21-20-11-5-7-13-23(20)36-26(21)30-25(32)14-15-31-27(33)24(37-28(31)35)16-18-8-4-6-12-22(18)34-19-9-2-1-3-10-19/h4,6,8,12,16,19H,1-3,5,7,9-11,13-15H2,(H,30,32)/b24-16-. The van der Waals surface area contributed by atoms with Crippen LogP contribution in [0.1, 0.15) is 72.9 Å². The number of benzene rings is 1. The van der Waals surface area contributed by atoms with Crippen molar-refractivity contribution < 1.29 is 14.3 Å². The van der Waals surface area contributed by atoms with E-state index in [0.29, 0.717) is 19.8 Å². The third-order valence-corrected chi connectivity index (χ3v) is 9.61. The first-order valence-electron chi connectivity index (χ1n) is 12.9. The van der Waals surface area contributed by atoms with Gasteiger partial charge in [-0.15, -0.1) is 11.3 Å². The predicted octanol–water partition coefficient (Wildman–Crippen LogP) is 6.44. The van der Waals surface area contributed by atoms with E-state index in [1.54, 1.807) is 0 Å². The van der Waals surface area contributed by atoms with Gasteiger partial charge in [-0.3, -0.25) is 14.5 Å². The number of thiophene rings is 1. The van der Waals surface area contributed by atoms with Crippen molar-refractivity contribution in [2.24, 2.45) is 0 Å². The van der Waals surface area contributed by atoms with Crippen LogP contribution in [0.5, 0.6) is 5.75 Å². The minimum Gasteiger partial charge on any atom is -0.490 e. The molecule has 3 aliphatic rings. The maximum atomic E-state index is 13.2. The molecule has 6 nitrogen and oxygen atoms in total. The zero-order valence-electron chi connectivity index (χ0n) is 20.6. The number of nitrogens with one attached hydrogen (secondary N) is 1. The number of nitrogens with zero attached hydrogens (tertiary/aromatic N) is 2. The molecule has 0 unspecified atom stereocenters. The van der Waals surface area contributed by atoms with Gasteiger partial charge in [0.25, 0.3) is 5.91 Å². The van der Waals surface area contributed by atoms with Crippen LogP contribution in [0, 0.1) is 11.3 Å². The van der Waals surface area contributed by atoms with E-state index >= 15 is 0 Å². The number of carbonyl (C=O) groups excluding carboxylic acids is 2. The molecule has 9 heteroatoms. The number of hydrogen-bond acceptors (Lipinski definition) is 7. The van der Waals surface area contributed by atoms with E-state index in [0.717, 1.165) is 55.4 Å². The van der Waals surface area contributed by atoms with Crippen LogP contribution in [0.4, 0.5) is 5.00 Å². The Bertz CT molecular complexity index is 1290. The van der Waals surface area contributed by atoms with Crippen molar-refractivity contribution in [2.75, 3.05) is 11.9 Å². The van der Waals surface area contributed by atoms with Crippen molar-refractivity contribution in [1.29, 1.82) is 5.26 Å². The number of rotatable bonds is 7. The van der Waals surface area contributed by atoms with Gasteiger partial charge in [0.2, 0.25) is 5.91 Å². The van der Waals surface area contributed by atoms with E-state index in [9.17, 15) is 14.9 Å². The highest BCUT2D eigenvalue weighted by molar-refractivity contribution is 8.26. The average molecular weight is 552 g/mol. The monoisotopic (exact) mass is 551 g/mol. The summed E-state index contributed by atoms with van der Waals surface area (Å²) in [5.41, 5.74) is 2.54. The summed E-state index contributed by atoms with van der Waals surface area (Å²) >= 11 is 8.23. The molecule has 1 N–H and O–H groups in total. The van der Waals surface area contributed by atoms with Crippen molar-refractivity contribution in [3.8, 4) is 11.8 Å². The summed E-state index contributed by atoms with van der Waals surface area (Å²) in [6.07, 6.45) is 12.0. The highest BCUT2D eigenvalue weighted by Crippen LogP contribution is 2.38. The number of aryl methyl sites for hydroxylation is 1. The molecule has 2 fully saturated rings. The van der Waals surface area contributed by atoms with E-state index in [1.165, 1.54) is 52.1 Å². The first-order chi connectivity index (χ1) is 18.0. The number of nitriles is 1. The molecule has 1 aromatic heterocycles. The average Bonchev–Trinajstić information content (AvgIpc) is 3.39. The largest absolute Gasteiger partial charge is 0.490 e. The first-order valence-corrected chi connectivity index (χ1v) is 14.9. The summed E-state index contributed by atoms with van der Waals surface area (Å²) in [7, 11) is 0. The number of hydrogen-bond donors (Lipinski definition) is 1. The number of ether oxygens (including phenoxy) is 1. The van der Waals surface area contributed by atoms with Crippen LogP contribution in [0.15, 0.2) is 29.2 Å². The van der Waals surface area contributed by atoms with E-state index in [2.05, 4.69) is 11.4 Å². The number of thiocarbonyl (C=S) groups is 1. The molecule has 2 heterocycles. The maximum Gasteiger partial charge on any atom is 0.266 e. The molecule has 5 rings (SSSR count). The normalized spacial score (nSPS) is 19.1. The SMILES string of the molecule is N#Cc1c(NC(=O)CCN2C(=O)/C(=C/c3ccccc3OC3CCCCC3)SC2=S)sc2c1CCCC2. The van der Waals surface area contributed by atoms with Crippen LogP contribution >= 0.6 is 35.3 Å². The summed E-state index contributed by atoms with van der Waals surface area (Å²) < 4.78 is 6.73. The molecule has 2 aromatic rings. The third kappa shape index (κ3) is 5.92. The molecule has 0 atom stereocenters. The van der Waals surface area contributed by atoms with E-state index in [1.807, 2.05) is 30.3 Å². The summed E-state index contributed by atoms with van der Waals surface area (Å²) in [6, 6.07) is 10.0. The number of amides is 2. The van der Waals surface area contributed by atoms with Gasteiger partial charge in [0.15, 0.2) is 0 Å². The topological polar surface area (TPSA) is 82.4 Å². The Balaban J connectivity index is 1.22. The molecule has 192 valence electrons. The zero-order valence-corrected chi connectivity index (χ0v) is 23.0. The fourth-order valence-electron chi connectivity index (χ4n) is 5.08. The summed E-state index contributed by atoms with van der Waals surface area (Å²) in [4.78, 5) is 29.1. The van der Waals surface area contributed by atoms with E-state index in [-0.39, 0.29) is 30.9 Å². The Kier molecular flexibility index (Phi) is 8.28. The number of carbonyl (C=O) groups is 2. The Morgan fingerprint density at radius 1 is 1.19 bits per heavy atom. The molecule has 37 heavy (non-hydrogen) atoms. The third-order valence-electron chi connectivity index (χ3n) is 7.02. The Labute approximate surface area is 231 Å². The minimum atomic E-state index is -0.223. The predicted molar refractivity (Wildman–Crippen MR) is 153 cm³/mol. The maximum absolute atomic E-state index is 13.2. The molecule has 1 aromatic carbocycles. The van der Waals surface area contributed by atoms with E-state index < -0.39 is 0 Å². The molecule has 0 bridgehead atoms. The molecule has 1 aliphatic heterocycles. The number of para-hydroxylation sites is 1. The lowest BCUT2D eigenvalue weighted by Gasteiger charge is -2.23. The molecule has 0 spiro atoms. The second-order valence-electron chi connectivity index (χ2n) is 9.57. The summed E-state index contributed by atoms with van der Waals surface area (Å²) in [5, 5.41) is 13.2.